The lowest BCUT2D eigenvalue weighted by Gasteiger charge is -2.09. The van der Waals surface area contributed by atoms with Crippen LogP contribution in [-0.2, 0) is 17.9 Å². The first-order valence-corrected chi connectivity index (χ1v) is 6.97. The summed E-state index contributed by atoms with van der Waals surface area (Å²) < 4.78 is 15.2. The number of ether oxygens (including phenoxy) is 2. The lowest BCUT2D eigenvalue weighted by Crippen LogP contribution is -2.18. The Bertz CT molecular complexity index is 574. The molecule has 0 unspecified atom stereocenters. The van der Waals surface area contributed by atoms with Crippen molar-refractivity contribution in [1.82, 2.24) is 15.6 Å². The minimum absolute atomic E-state index is 0.278. The highest BCUT2D eigenvalue weighted by atomic mass is 35.5. The average molecular weight is 312 g/mol. The van der Waals surface area contributed by atoms with Gasteiger partial charge >= 0.3 is 0 Å². The van der Waals surface area contributed by atoms with E-state index in [1.807, 2.05) is 25.1 Å². The third-order valence-corrected chi connectivity index (χ3v) is 3.21. The predicted octanol–water partition coefficient (Wildman–Crippen LogP) is 2.35. The van der Waals surface area contributed by atoms with Crippen LogP contribution in [0.4, 0.5) is 0 Å². The van der Waals surface area contributed by atoms with Crippen LogP contribution in [0.5, 0.6) is 5.75 Å². The second kappa shape index (κ2) is 7.97. The van der Waals surface area contributed by atoms with Crippen molar-refractivity contribution in [3.63, 3.8) is 0 Å². The van der Waals surface area contributed by atoms with E-state index in [0.717, 1.165) is 18.7 Å². The molecule has 21 heavy (non-hydrogen) atoms. The number of aryl methyl sites for hydroxylation is 1. The van der Waals surface area contributed by atoms with Crippen molar-refractivity contribution in [2.45, 2.75) is 20.1 Å². The molecule has 0 aliphatic carbocycles. The Morgan fingerprint density at radius 2 is 2.19 bits per heavy atom. The summed E-state index contributed by atoms with van der Waals surface area (Å²) >= 11 is 6.21. The Morgan fingerprint density at radius 3 is 2.86 bits per heavy atom. The van der Waals surface area contributed by atoms with Crippen molar-refractivity contribution < 1.29 is 14.1 Å². The molecule has 0 spiro atoms. The molecular formula is C14H18ClN3O3. The summed E-state index contributed by atoms with van der Waals surface area (Å²) in [4.78, 5) is 0. The summed E-state index contributed by atoms with van der Waals surface area (Å²) in [6, 6.07) is 5.69. The molecule has 0 aliphatic rings. The van der Waals surface area contributed by atoms with Gasteiger partial charge in [-0.3, -0.25) is 0 Å². The van der Waals surface area contributed by atoms with E-state index in [1.165, 1.54) is 0 Å². The van der Waals surface area contributed by atoms with Gasteiger partial charge in [-0.1, -0.05) is 28.0 Å². The highest BCUT2D eigenvalue weighted by Gasteiger charge is 2.08. The Balaban J connectivity index is 1.88. The van der Waals surface area contributed by atoms with Gasteiger partial charge in [0.2, 0.25) is 0 Å². The molecule has 0 saturated carbocycles. The molecular weight excluding hydrogens is 294 g/mol. The summed E-state index contributed by atoms with van der Waals surface area (Å²) in [6.45, 7) is 4.30. The minimum Gasteiger partial charge on any atom is -0.486 e. The zero-order chi connectivity index (χ0) is 15.1. The highest BCUT2D eigenvalue weighted by molar-refractivity contribution is 6.32. The predicted molar refractivity (Wildman–Crippen MR) is 78.4 cm³/mol. The lowest BCUT2D eigenvalue weighted by molar-refractivity contribution is 0.199. The van der Waals surface area contributed by atoms with Crippen LogP contribution in [0.1, 0.15) is 17.0 Å². The van der Waals surface area contributed by atoms with Crippen molar-refractivity contribution >= 4 is 11.6 Å². The molecule has 0 atom stereocenters. The minimum atomic E-state index is 0.278. The van der Waals surface area contributed by atoms with Gasteiger partial charge in [-0.2, -0.15) is 0 Å². The van der Waals surface area contributed by atoms with Gasteiger partial charge in [-0.05, 0) is 24.6 Å². The summed E-state index contributed by atoms with van der Waals surface area (Å²) in [5.74, 6) is 0.611. The van der Waals surface area contributed by atoms with Gasteiger partial charge < -0.3 is 14.8 Å². The van der Waals surface area contributed by atoms with E-state index < -0.39 is 0 Å². The van der Waals surface area contributed by atoms with Crippen molar-refractivity contribution in [2.75, 3.05) is 20.3 Å². The number of hydrogen-bond donors (Lipinski definition) is 1. The highest BCUT2D eigenvalue weighted by Crippen LogP contribution is 2.26. The molecule has 0 aliphatic heterocycles. The van der Waals surface area contributed by atoms with E-state index in [4.69, 9.17) is 21.1 Å². The van der Waals surface area contributed by atoms with Crippen LogP contribution >= 0.6 is 11.6 Å². The molecule has 6 nitrogen and oxygen atoms in total. The molecule has 0 amide bonds. The topological polar surface area (TPSA) is 69.4 Å². The van der Waals surface area contributed by atoms with Crippen molar-refractivity contribution in [3.05, 3.63) is 40.2 Å². The summed E-state index contributed by atoms with van der Waals surface area (Å²) in [6.07, 6.45) is 0. The zero-order valence-corrected chi connectivity index (χ0v) is 12.8. The van der Waals surface area contributed by atoms with E-state index in [1.54, 1.807) is 7.11 Å². The molecule has 0 radical (unpaired) electrons. The number of rotatable bonds is 8. The molecule has 0 saturated heterocycles. The molecule has 2 aromatic rings. The van der Waals surface area contributed by atoms with E-state index in [0.29, 0.717) is 28.8 Å². The molecule has 114 valence electrons. The van der Waals surface area contributed by atoms with Crippen molar-refractivity contribution in [3.8, 4) is 5.75 Å². The maximum atomic E-state index is 6.21. The number of halogens is 1. The fourth-order valence-electron chi connectivity index (χ4n) is 1.70. The fourth-order valence-corrected chi connectivity index (χ4v) is 1.96. The second-order valence-electron chi connectivity index (χ2n) is 4.52. The first-order valence-electron chi connectivity index (χ1n) is 6.59. The SMILES string of the molecule is COCCNCc1ccc(OCc2nonc2C)c(Cl)c1. The van der Waals surface area contributed by atoms with E-state index >= 15 is 0 Å². The molecule has 0 fully saturated rings. The molecule has 0 bridgehead atoms. The van der Waals surface area contributed by atoms with Crippen molar-refractivity contribution in [2.24, 2.45) is 0 Å². The van der Waals surface area contributed by atoms with Gasteiger partial charge in [-0.15, -0.1) is 0 Å². The average Bonchev–Trinajstić information content (AvgIpc) is 2.88. The monoisotopic (exact) mass is 311 g/mol. The smallest absolute Gasteiger partial charge is 0.145 e. The number of aromatic nitrogens is 2. The maximum Gasteiger partial charge on any atom is 0.145 e. The lowest BCUT2D eigenvalue weighted by atomic mass is 10.2. The first-order chi connectivity index (χ1) is 10.2. The number of nitrogens with zero attached hydrogens (tertiary/aromatic N) is 2. The van der Waals surface area contributed by atoms with Crippen LogP contribution in [0.15, 0.2) is 22.8 Å². The van der Waals surface area contributed by atoms with Gasteiger partial charge in [0, 0.05) is 20.2 Å². The zero-order valence-electron chi connectivity index (χ0n) is 12.1. The molecule has 1 aromatic carbocycles. The molecule has 1 N–H and O–H groups in total. The van der Waals surface area contributed by atoms with Crippen LogP contribution < -0.4 is 10.1 Å². The molecule has 2 rings (SSSR count). The Labute approximate surface area is 128 Å². The quantitative estimate of drug-likeness (QED) is 0.755. The fraction of sp³-hybridized carbons (Fsp3) is 0.429. The van der Waals surface area contributed by atoms with Crippen LogP contribution in [0, 0.1) is 6.92 Å². The van der Waals surface area contributed by atoms with Gasteiger partial charge in [0.05, 0.1) is 11.6 Å². The summed E-state index contributed by atoms with van der Waals surface area (Å²) in [5, 5.41) is 11.3. The number of nitrogens with one attached hydrogen (secondary N) is 1. The van der Waals surface area contributed by atoms with Crippen LogP contribution in [0.2, 0.25) is 5.02 Å². The number of hydrogen-bond acceptors (Lipinski definition) is 6. The van der Waals surface area contributed by atoms with Crippen LogP contribution in [0.25, 0.3) is 0 Å². The molecule has 1 aromatic heterocycles. The van der Waals surface area contributed by atoms with Gasteiger partial charge in [0.15, 0.2) is 0 Å². The normalized spacial score (nSPS) is 10.8. The summed E-state index contributed by atoms with van der Waals surface area (Å²) in [7, 11) is 1.68. The standard InChI is InChI=1S/C14H18ClN3O3/c1-10-13(18-21-17-10)9-20-14-4-3-11(7-12(14)15)8-16-5-6-19-2/h3-4,7,16H,5-6,8-9H2,1-2H3. The van der Waals surface area contributed by atoms with Crippen molar-refractivity contribution in [1.29, 1.82) is 0 Å². The molecule has 7 heteroatoms. The number of benzene rings is 1. The Hall–Kier alpha value is -1.63. The number of methoxy groups -OCH3 is 1. The van der Waals surface area contributed by atoms with Crippen LogP contribution in [-0.4, -0.2) is 30.6 Å². The third kappa shape index (κ3) is 4.70. The first kappa shape index (κ1) is 15.8. The van der Waals surface area contributed by atoms with Crippen LogP contribution in [0.3, 0.4) is 0 Å². The largest absolute Gasteiger partial charge is 0.486 e. The Morgan fingerprint density at radius 1 is 1.33 bits per heavy atom. The van der Waals surface area contributed by atoms with Gasteiger partial charge in [0.25, 0.3) is 0 Å². The van der Waals surface area contributed by atoms with E-state index in [-0.39, 0.29) is 6.61 Å². The maximum absolute atomic E-state index is 6.21. The van der Waals surface area contributed by atoms with E-state index in [9.17, 15) is 0 Å². The summed E-state index contributed by atoms with van der Waals surface area (Å²) in [5.41, 5.74) is 2.46. The Kier molecular flexibility index (Phi) is 5.98. The van der Waals surface area contributed by atoms with Gasteiger partial charge in [0.1, 0.15) is 23.7 Å². The second-order valence-corrected chi connectivity index (χ2v) is 4.93. The molecule has 1 heterocycles. The van der Waals surface area contributed by atoms with Gasteiger partial charge in [-0.25, -0.2) is 4.63 Å². The van der Waals surface area contributed by atoms with E-state index in [2.05, 4.69) is 20.3 Å². The third-order valence-electron chi connectivity index (χ3n) is 2.92.